The van der Waals surface area contributed by atoms with Gasteiger partial charge in [0.15, 0.2) is 0 Å². The molecule has 0 radical (unpaired) electrons. The zero-order valence-electron chi connectivity index (χ0n) is 12.2. The maximum atomic E-state index is 11.5. The van der Waals surface area contributed by atoms with Crippen molar-refractivity contribution in [1.82, 2.24) is 4.90 Å². The van der Waals surface area contributed by atoms with Gasteiger partial charge in [-0.3, -0.25) is 9.69 Å². The molecular formula is C16H23NO3. The number of hydrogen-bond acceptors (Lipinski definition) is 3. The molecule has 1 aliphatic heterocycles. The number of benzene rings is 1. The summed E-state index contributed by atoms with van der Waals surface area (Å²) in [4.78, 5) is 13.8. The number of hydrogen-bond donors (Lipinski definition) is 1. The van der Waals surface area contributed by atoms with Gasteiger partial charge in [0, 0.05) is 33.4 Å². The lowest BCUT2D eigenvalue weighted by Crippen LogP contribution is -2.33. The van der Waals surface area contributed by atoms with E-state index >= 15 is 0 Å². The molecule has 2 rings (SSSR count). The molecule has 0 aliphatic carbocycles. The third-order valence-electron chi connectivity index (χ3n) is 4.29. The van der Waals surface area contributed by atoms with Crippen molar-refractivity contribution in [2.24, 2.45) is 11.3 Å². The molecule has 0 saturated carbocycles. The topological polar surface area (TPSA) is 49.8 Å². The van der Waals surface area contributed by atoms with E-state index in [-0.39, 0.29) is 11.3 Å². The van der Waals surface area contributed by atoms with Crippen LogP contribution in [-0.4, -0.2) is 42.8 Å². The molecule has 1 N–H and O–H groups in total. The van der Waals surface area contributed by atoms with Gasteiger partial charge in [-0.25, -0.2) is 0 Å². The van der Waals surface area contributed by atoms with Gasteiger partial charge in [-0.05, 0) is 17.4 Å². The molecule has 0 amide bonds. The molecule has 0 aromatic heterocycles. The van der Waals surface area contributed by atoms with Crippen molar-refractivity contribution >= 4 is 5.97 Å². The first-order valence-corrected chi connectivity index (χ1v) is 7.03. The summed E-state index contributed by atoms with van der Waals surface area (Å²) < 4.78 is 5.14. The average molecular weight is 277 g/mol. The van der Waals surface area contributed by atoms with Crippen molar-refractivity contribution in [3.8, 4) is 0 Å². The SMILES string of the molecule is COCCC1(C)CN(Cc2ccccc2)CC1C(=O)O. The van der Waals surface area contributed by atoms with Gasteiger partial charge < -0.3 is 9.84 Å². The first-order chi connectivity index (χ1) is 9.55. The second kappa shape index (κ2) is 6.37. The minimum absolute atomic E-state index is 0.212. The molecule has 2 atom stereocenters. The van der Waals surface area contributed by atoms with Crippen LogP contribution in [0, 0.1) is 11.3 Å². The Labute approximate surface area is 120 Å². The molecule has 1 aromatic rings. The Hall–Kier alpha value is -1.39. The Kier molecular flexibility index (Phi) is 4.78. The number of ether oxygens (including phenoxy) is 1. The molecule has 4 heteroatoms. The highest BCUT2D eigenvalue weighted by atomic mass is 16.5. The summed E-state index contributed by atoms with van der Waals surface area (Å²) in [6, 6.07) is 10.2. The highest BCUT2D eigenvalue weighted by Gasteiger charge is 2.46. The van der Waals surface area contributed by atoms with Crippen LogP contribution < -0.4 is 0 Å². The molecule has 20 heavy (non-hydrogen) atoms. The third kappa shape index (κ3) is 3.38. The van der Waals surface area contributed by atoms with Crippen molar-refractivity contribution in [1.29, 1.82) is 0 Å². The molecule has 1 saturated heterocycles. The molecule has 4 nitrogen and oxygen atoms in total. The first-order valence-electron chi connectivity index (χ1n) is 7.03. The lowest BCUT2D eigenvalue weighted by atomic mass is 9.77. The summed E-state index contributed by atoms with van der Waals surface area (Å²) in [5, 5.41) is 9.46. The van der Waals surface area contributed by atoms with Crippen molar-refractivity contribution in [2.75, 3.05) is 26.8 Å². The molecular weight excluding hydrogens is 254 g/mol. The van der Waals surface area contributed by atoms with Crippen molar-refractivity contribution in [2.45, 2.75) is 19.9 Å². The fraction of sp³-hybridized carbons (Fsp3) is 0.562. The van der Waals surface area contributed by atoms with Gasteiger partial charge in [-0.15, -0.1) is 0 Å². The minimum Gasteiger partial charge on any atom is -0.481 e. The lowest BCUT2D eigenvalue weighted by Gasteiger charge is -2.28. The zero-order chi connectivity index (χ0) is 14.6. The van der Waals surface area contributed by atoms with E-state index in [1.165, 1.54) is 5.56 Å². The van der Waals surface area contributed by atoms with Gasteiger partial charge in [0.25, 0.3) is 0 Å². The van der Waals surface area contributed by atoms with Crippen LogP contribution in [0.1, 0.15) is 18.9 Å². The smallest absolute Gasteiger partial charge is 0.308 e. The van der Waals surface area contributed by atoms with Crippen LogP contribution in [0.4, 0.5) is 0 Å². The Morgan fingerprint density at radius 1 is 1.45 bits per heavy atom. The van der Waals surface area contributed by atoms with Gasteiger partial charge in [0.1, 0.15) is 0 Å². The van der Waals surface area contributed by atoms with Crippen LogP contribution in [0.5, 0.6) is 0 Å². The number of carboxylic acid groups (broad SMARTS) is 1. The molecule has 1 heterocycles. The van der Waals surface area contributed by atoms with Gasteiger partial charge in [-0.1, -0.05) is 37.3 Å². The first kappa shape index (κ1) is 15.0. The summed E-state index contributed by atoms with van der Waals surface area (Å²) in [6.45, 7) is 4.91. The van der Waals surface area contributed by atoms with Crippen LogP contribution >= 0.6 is 0 Å². The van der Waals surface area contributed by atoms with Gasteiger partial charge >= 0.3 is 5.97 Å². The molecule has 1 fully saturated rings. The fourth-order valence-electron chi connectivity index (χ4n) is 3.09. The number of carbonyl (C=O) groups is 1. The van der Waals surface area contributed by atoms with E-state index in [2.05, 4.69) is 24.0 Å². The molecule has 2 unspecified atom stereocenters. The summed E-state index contributed by atoms with van der Waals surface area (Å²) in [6.07, 6.45) is 0.783. The van der Waals surface area contributed by atoms with Crippen LogP contribution in [-0.2, 0) is 16.1 Å². The number of aliphatic carboxylic acids is 1. The third-order valence-corrected chi connectivity index (χ3v) is 4.29. The molecule has 1 aromatic carbocycles. The summed E-state index contributed by atoms with van der Waals surface area (Å²) >= 11 is 0. The van der Waals surface area contributed by atoms with E-state index < -0.39 is 5.97 Å². The van der Waals surface area contributed by atoms with Crippen LogP contribution in [0.2, 0.25) is 0 Å². The van der Waals surface area contributed by atoms with E-state index in [1.54, 1.807) is 7.11 Å². The average Bonchev–Trinajstić information content (AvgIpc) is 2.75. The fourth-order valence-corrected chi connectivity index (χ4v) is 3.09. The standard InChI is InChI=1S/C16H23NO3/c1-16(8-9-20-2)12-17(11-14(16)15(18)19)10-13-6-4-3-5-7-13/h3-7,14H,8-12H2,1-2H3,(H,18,19). The summed E-state index contributed by atoms with van der Waals surface area (Å²) in [7, 11) is 1.66. The number of carboxylic acids is 1. The van der Waals surface area contributed by atoms with E-state index in [9.17, 15) is 9.90 Å². The van der Waals surface area contributed by atoms with Crippen LogP contribution in [0.3, 0.4) is 0 Å². The number of nitrogens with zero attached hydrogens (tertiary/aromatic N) is 1. The van der Waals surface area contributed by atoms with E-state index in [4.69, 9.17) is 4.74 Å². The van der Waals surface area contributed by atoms with Crippen molar-refractivity contribution in [3.63, 3.8) is 0 Å². The van der Waals surface area contributed by atoms with E-state index in [0.29, 0.717) is 13.2 Å². The summed E-state index contributed by atoms with van der Waals surface area (Å²) in [5.74, 6) is -1.01. The summed E-state index contributed by atoms with van der Waals surface area (Å²) in [5.41, 5.74) is 1.02. The predicted molar refractivity (Wildman–Crippen MR) is 77.4 cm³/mol. The van der Waals surface area contributed by atoms with Crippen LogP contribution in [0.25, 0.3) is 0 Å². The Morgan fingerprint density at radius 3 is 2.75 bits per heavy atom. The minimum atomic E-state index is -0.695. The monoisotopic (exact) mass is 277 g/mol. The van der Waals surface area contributed by atoms with Gasteiger partial charge in [-0.2, -0.15) is 0 Å². The van der Waals surface area contributed by atoms with Crippen molar-refractivity contribution < 1.29 is 14.6 Å². The quantitative estimate of drug-likeness (QED) is 0.866. The number of likely N-dealkylation sites (tertiary alicyclic amines) is 1. The molecule has 1 aliphatic rings. The van der Waals surface area contributed by atoms with E-state index in [0.717, 1.165) is 19.5 Å². The highest BCUT2D eigenvalue weighted by Crippen LogP contribution is 2.39. The predicted octanol–water partition coefficient (Wildman–Crippen LogP) is 2.25. The lowest BCUT2D eigenvalue weighted by molar-refractivity contribution is -0.144. The maximum Gasteiger partial charge on any atom is 0.308 e. The highest BCUT2D eigenvalue weighted by molar-refractivity contribution is 5.72. The second-order valence-electron chi connectivity index (χ2n) is 5.94. The largest absolute Gasteiger partial charge is 0.481 e. The molecule has 0 bridgehead atoms. The second-order valence-corrected chi connectivity index (χ2v) is 5.94. The number of rotatable bonds is 6. The van der Waals surface area contributed by atoms with Crippen molar-refractivity contribution in [3.05, 3.63) is 35.9 Å². The Bertz CT molecular complexity index is 448. The van der Waals surface area contributed by atoms with Gasteiger partial charge in [0.05, 0.1) is 5.92 Å². The normalized spacial score (nSPS) is 26.8. The Morgan fingerprint density at radius 2 is 2.15 bits per heavy atom. The molecule has 110 valence electrons. The molecule has 0 spiro atoms. The Balaban J connectivity index is 2.06. The van der Waals surface area contributed by atoms with Gasteiger partial charge in [0.2, 0.25) is 0 Å². The maximum absolute atomic E-state index is 11.5. The van der Waals surface area contributed by atoms with Crippen LogP contribution in [0.15, 0.2) is 30.3 Å². The zero-order valence-corrected chi connectivity index (χ0v) is 12.2. The van der Waals surface area contributed by atoms with E-state index in [1.807, 2.05) is 18.2 Å². The number of methoxy groups -OCH3 is 1.